The van der Waals surface area contributed by atoms with Crippen LogP contribution in [0.4, 0.5) is 0 Å². The molecule has 2 aliphatic carbocycles. The largest absolute Gasteiger partial charge is 0.455 e. The molecule has 3 heteroatoms. The fourth-order valence-electron chi connectivity index (χ4n) is 12.3. The van der Waals surface area contributed by atoms with Crippen LogP contribution in [0.5, 0.6) is 0 Å². The highest BCUT2D eigenvalue weighted by Gasteiger charge is 2.38. The van der Waals surface area contributed by atoms with Gasteiger partial charge in [0.15, 0.2) is 0 Å². The van der Waals surface area contributed by atoms with Crippen molar-refractivity contribution in [3.63, 3.8) is 0 Å². The number of furan rings is 1. The summed E-state index contributed by atoms with van der Waals surface area (Å²) >= 11 is 3.81. The van der Waals surface area contributed by atoms with Crippen molar-refractivity contribution in [3.05, 3.63) is 192 Å². The third-order valence-corrected chi connectivity index (χ3v) is 17.9. The Hall–Kier alpha value is -7.04. The van der Waals surface area contributed by atoms with Gasteiger partial charge in [-0.1, -0.05) is 149 Å². The van der Waals surface area contributed by atoms with E-state index in [0.717, 1.165) is 21.9 Å². The van der Waals surface area contributed by atoms with Crippen molar-refractivity contribution >= 4 is 107 Å². The molecule has 0 fully saturated rings. The first-order valence-corrected chi connectivity index (χ1v) is 24.4. The Morgan fingerprint density at radius 1 is 0.292 bits per heavy atom. The Balaban J connectivity index is 1.12. The predicted octanol–water partition coefficient (Wildman–Crippen LogP) is 18.6. The summed E-state index contributed by atoms with van der Waals surface area (Å²) in [6, 6.07) is 64.4. The topological polar surface area (TPSA) is 13.1 Å². The lowest BCUT2D eigenvalue weighted by molar-refractivity contribution is 0.659. The molecular formula is C62H40OS2. The van der Waals surface area contributed by atoms with Crippen molar-refractivity contribution in [1.82, 2.24) is 0 Å². The van der Waals surface area contributed by atoms with Gasteiger partial charge in [-0.25, -0.2) is 0 Å². The number of thiophene rings is 2. The van der Waals surface area contributed by atoms with Crippen LogP contribution in [-0.4, -0.2) is 0 Å². The molecule has 0 saturated heterocycles. The molecule has 3 aromatic heterocycles. The second-order valence-electron chi connectivity index (χ2n) is 19.5. The van der Waals surface area contributed by atoms with Crippen molar-refractivity contribution < 1.29 is 4.42 Å². The van der Waals surface area contributed by atoms with Crippen molar-refractivity contribution in [1.29, 1.82) is 0 Å². The lowest BCUT2D eigenvalue weighted by Gasteiger charge is -2.22. The molecular weight excluding hydrogens is 825 g/mol. The van der Waals surface area contributed by atoms with Gasteiger partial charge in [0.1, 0.15) is 11.2 Å². The van der Waals surface area contributed by atoms with Gasteiger partial charge in [0.05, 0.1) is 0 Å². The number of fused-ring (bicyclic) bond motifs is 19. The summed E-state index contributed by atoms with van der Waals surface area (Å²) < 4.78 is 12.8. The summed E-state index contributed by atoms with van der Waals surface area (Å²) in [6.07, 6.45) is 0. The van der Waals surface area contributed by atoms with Crippen LogP contribution in [0, 0.1) is 0 Å². The summed E-state index contributed by atoms with van der Waals surface area (Å²) in [4.78, 5) is 0. The lowest BCUT2D eigenvalue weighted by atomic mass is 9.81. The highest BCUT2D eigenvalue weighted by atomic mass is 32.1. The molecule has 10 aromatic carbocycles. The van der Waals surface area contributed by atoms with E-state index in [1.165, 1.54) is 129 Å². The molecule has 0 unspecified atom stereocenters. The maximum atomic E-state index is 7.55. The van der Waals surface area contributed by atoms with E-state index in [2.05, 4.69) is 198 Å². The normalized spacial score (nSPS) is 14.7. The molecule has 0 spiro atoms. The van der Waals surface area contributed by atoms with Crippen LogP contribution < -0.4 is 0 Å². The van der Waals surface area contributed by atoms with E-state index in [1.807, 2.05) is 22.7 Å². The second kappa shape index (κ2) is 12.4. The second-order valence-corrected chi connectivity index (χ2v) is 21.6. The van der Waals surface area contributed by atoms with E-state index < -0.39 is 0 Å². The third-order valence-electron chi connectivity index (χ3n) is 15.5. The van der Waals surface area contributed by atoms with Crippen LogP contribution in [0.15, 0.2) is 174 Å². The summed E-state index contributed by atoms with van der Waals surface area (Å²) in [7, 11) is 0. The minimum atomic E-state index is -0.163. The van der Waals surface area contributed by atoms with Gasteiger partial charge in [-0.3, -0.25) is 0 Å². The smallest absolute Gasteiger partial charge is 0.143 e. The van der Waals surface area contributed by atoms with E-state index in [9.17, 15) is 0 Å². The van der Waals surface area contributed by atoms with Crippen LogP contribution in [0.1, 0.15) is 49.9 Å². The lowest BCUT2D eigenvalue weighted by Crippen LogP contribution is -2.14. The van der Waals surface area contributed by atoms with E-state index in [0.29, 0.717) is 0 Å². The summed E-state index contributed by atoms with van der Waals surface area (Å²) in [5.74, 6) is 0. The van der Waals surface area contributed by atoms with E-state index in [4.69, 9.17) is 4.42 Å². The van der Waals surface area contributed by atoms with Gasteiger partial charge in [-0.2, -0.15) is 0 Å². The molecule has 3 heterocycles. The van der Waals surface area contributed by atoms with Gasteiger partial charge in [0.2, 0.25) is 0 Å². The number of hydrogen-bond acceptors (Lipinski definition) is 3. The van der Waals surface area contributed by atoms with Gasteiger partial charge in [-0.05, 0) is 115 Å². The molecule has 306 valence electrons. The van der Waals surface area contributed by atoms with Crippen molar-refractivity contribution in [2.75, 3.05) is 0 Å². The van der Waals surface area contributed by atoms with Crippen molar-refractivity contribution in [2.45, 2.75) is 38.5 Å². The summed E-state index contributed by atoms with van der Waals surface area (Å²) in [6.45, 7) is 9.54. The Bertz CT molecular complexity index is 4020. The maximum absolute atomic E-state index is 7.55. The van der Waals surface area contributed by atoms with Crippen molar-refractivity contribution in [2.24, 2.45) is 0 Å². The van der Waals surface area contributed by atoms with Gasteiger partial charge in [-0.15, -0.1) is 22.7 Å². The molecule has 65 heavy (non-hydrogen) atoms. The molecule has 0 aliphatic heterocycles. The molecule has 0 N–H and O–H groups in total. The average Bonchev–Trinajstić information content (AvgIpc) is 4.12. The van der Waals surface area contributed by atoms with Crippen molar-refractivity contribution in [3.8, 4) is 44.5 Å². The predicted molar refractivity (Wildman–Crippen MR) is 281 cm³/mol. The Morgan fingerprint density at radius 3 is 1.14 bits per heavy atom. The molecule has 13 aromatic rings. The Labute approximate surface area is 383 Å². The van der Waals surface area contributed by atoms with E-state index in [-0.39, 0.29) is 10.8 Å². The molecule has 0 atom stereocenters. The zero-order valence-electron chi connectivity index (χ0n) is 36.4. The Morgan fingerprint density at radius 2 is 0.662 bits per heavy atom. The zero-order valence-corrected chi connectivity index (χ0v) is 38.0. The summed E-state index contributed by atoms with van der Waals surface area (Å²) in [5.41, 5.74) is 17.4. The van der Waals surface area contributed by atoms with Crippen LogP contribution in [0.3, 0.4) is 0 Å². The molecule has 15 rings (SSSR count). The molecule has 2 aliphatic rings. The molecule has 0 radical (unpaired) electrons. The first-order valence-electron chi connectivity index (χ1n) is 22.7. The molecule has 0 bridgehead atoms. The molecule has 1 nitrogen and oxygen atoms in total. The monoisotopic (exact) mass is 864 g/mol. The van der Waals surface area contributed by atoms with Gasteiger partial charge in [0, 0.05) is 83.8 Å². The fraction of sp³-hybridized carbons (Fsp3) is 0.0968. The number of hydrogen-bond donors (Lipinski definition) is 0. The highest BCUT2D eigenvalue weighted by molar-refractivity contribution is 7.26. The van der Waals surface area contributed by atoms with E-state index in [1.54, 1.807) is 0 Å². The Kier molecular flexibility index (Phi) is 6.93. The van der Waals surface area contributed by atoms with E-state index >= 15 is 0 Å². The zero-order chi connectivity index (χ0) is 43.1. The fourth-order valence-corrected chi connectivity index (χ4v) is 14.7. The van der Waals surface area contributed by atoms with Gasteiger partial charge < -0.3 is 4.42 Å². The standard InChI is InChI=1S/C62H40OS2/c1-61(2)51-23-9-5-15-33(51)45-27-43-41(39-21-13-19-37-35-17-7-11-25-55(35)64-59(37)39)29-47-48-30-42(40-22-14-20-38-36-18-8-12-26-56(36)65-60(38)40)44-28-46-34-16-6-10-24-52(34)62(3,4)54(46)32-50(44)58(48)63-57(47)49(43)31-53(45)61/h5-32H,1-4H3. The van der Waals surface area contributed by atoms with Crippen LogP contribution in [-0.2, 0) is 10.8 Å². The number of benzene rings is 10. The minimum Gasteiger partial charge on any atom is -0.455 e. The van der Waals surface area contributed by atoms with Crippen LogP contribution >= 0.6 is 22.7 Å². The van der Waals surface area contributed by atoms with Gasteiger partial charge in [0.25, 0.3) is 0 Å². The molecule has 0 saturated carbocycles. The highest BCUT2D eigenvalue weighted by Crippen LogP contribution is 2.56. The van der Waals surface area contributed by atoms with Crippen LogP contribution in [0.25, 0.3) is 128 Å². The minimum absolute atomic E-state index is 0.163. The number of rotatable bonds is 2. The molecule has 0 amide bonds. The maximum Gasteiger partial charge on any atom is 0.143 e. The van der Waals surface area contributed by atoms with Crippen LogP contribution in [0.2, 0.25) is 0 Å². The third kappa shape index (κ3) is 4.62. The first kappa shape index (κ1) is 36.3. The summed E-state index contributed by atoms with van der Waals surface area (Å²) in [5, 5.41) is 12.3. The average molecular weight is 865 g/mol. The first-order chi connectivity index (χ1) is 31.7. The SMILES string of the molecule is CC1(C)c2ccccc2-c2cc3c(-c4cccc5c4sc4ccccc45)cc4c5cc(-c6cccc7c6sc6ccccc67)c6cc7c(cc6c5oc4c3cc21)C(C)(C)c1ccccc1-7. The quantitative estimate of drug-likeness (QED) is 0.169. The van der Waals surface area contributed by atoms with Gasteiger partial charge >= 0.3 is 0 Å².